The molecule has 0 aliphatic carbocycles. The average Bonchev–Trinajstić information content (AvgIpc) is 2.37. The first-order valence-corrected chi connectivity index (χ1v) is 6.29. The Balaban J connectivity index is 2.60. The van der Waals surface area contributed by atoms with Gasteiger partial charge in [0.15, 0.2) is 0 Å². The Morgan fingerprint density at radius 2 is 1.95 bits per heavy atom. The molecule has 1 aromatic carbocycles. The molecule has 0 amide bonds. The second kappa shape index (κ2) is 5.77. The van der Waals surface area contributed by atoms with Crippen LogP contribution < -0.4 is 4.74 Å². The lowest BCUT2D eigenvalue weighted by Crippen LogP contribution is -1.99. The van der Waals surface area contributed by atoms with Gasteiger partial charge >= 0.3 is 5.69 Å². The summed E-state index contributed by atoms with van der Waals surface area (Å²) in [6.45, 7) is 3.75. The number of hydrogen-bond acceptors (Lipinski definition) is 5. The van der Waals surface area contributed by atoms with Crippen molar-refractivity contribution in [1.82, 2.24) is 4.98 Å². The summed E-state index contributed by atoms with van der Waals surface area (Å²) < 4.78 is 5.55. The molecule has 0 saturated heterocycles. The zero-order valence-electron chi connectivity index (χ0n) is 11.3. The van der Waals surface area contributed by atoms with E-state index < -0.39 is 10.6 Å². The lowest BCUT2D eigenvalue weighted by Gasteiger charge is -2.09. The van der Waals surface area contributed by atoms with Crippen molar-refractivity contribution in [2.45, 2.75) is 13.8 Å². The van der Waals surface area contributed by atoms with Gasteiger partial charge in [-0.1, -0.05) is 17.7 Å². The molecule has 2 rings (SSSR count). The van der Waals surface area contributed by atoms with Gasteiger partial charge in [0, 0.05) is 0 Å². The summed E-state index contributed by atoms with van der Waals surface area (Å²) >= 11 is 5.74. The van der Waals surface area contributed by atoms with Crippen LogP contribution in [0.1, 0.15) is 16.7 Å². The summed E-state index contributed by atoms with van der Waals surface area (Å²) in [6, 6.07) is 7.18. The molecule has 1 aromatic heterocycles. The van der Waals surface area contributed by atoms with E-state index in [1.54, 1.807) is 12.1 Å². The van der Waals surface area contributed by atoms with Crippen molar-refractivity contribution in [2.75, 3.05) is 0 Å². The maximum atomic E-state index is 11.1. The second-order valence-corrected chi connectivity index (χ2v) is 4.79. The molecular formula is C14H10ClN3O3. The molecule has 0 aliphatic heterocycles. The first-order chi connectivity index (χ1) is 9.92. The topological polar surface area (TPSA) is 89.0 Å². The fourth-order valence-corrected chi connectivity index (χ4v) is 2.12. The second-order valence-electron chi connectivity index (χ2n) is 4.43. The standard InChI is InChI=1S/C14H10ClN3O3/c1-8-3-9(2)5-11(4-8)21-13-10(6-16)7-17-14(15)12(13)18(19)20/h3-5,7H,1-2H3. The van der Waals surface area contributed by atoms with Crippen LogP contribution in [-0.2, 0) is 0 Å². The van der Waals surface area contributed by atoms with Gasteiger partial charge in [0.1, 0.15) is 17.4 Å². The normalized spacial score (nSPS) is 10.0. The van der Waals surface area contributed by atoms with Crippen LogP contribution in [0.4, 0.5) is 5.69 Å². The van der Waals surface area contributed by atoms with Crippen molar-refractivity contribution in [2.24, 2.45) is 0 Å². The molecule has 6 nitrogen and oxygen atoms in total. The number of halogens is 1. The number of nitro groups is 1. The minimum atomic E-state index is -0.714. The van der Waals surface area contributed by atoms with Crippen LogP contribution in [0.25, 0.3) is 0 Å². The zero-order chi connectivity index (χ0) is 15.6. The van der Waals surface area contributed by atoms with E-state index in [0.29, 0.717) is 5.75 Å². The Morgan fingerprint density at radius 3 is 2.48 bits per heavy atom. The number of aryl methyl sites for hydroxylation is 2. The van der Waals surface area contributed by atoms with Crippen LogP contribution in [0.2, 0.25) is 5.15 Å². The highest BCUT2D eigenvalue weighted by atomic mass is 35.5. The fourth-order valence-electron chi connectivity index (χ4n) is 1.91. The number of benzene rings is 1. The van der Waals surface area contributed by atoms with Crippen LogP contribution in [0, 0.1) is 35.3 Å². The van der Waals surface area contributed by atoms with Gasteiger partial charge in [-0.25, -0.2) is 4.98 Å². The van der Waals surface area contributed by atoms with Gasteiger partial charge in [-0.05, 0) is 37.1 Å². The quantitative estimate of drug-likeness (QED) is 0.487. The van der Waals surface area contributed by atoms with Crippen LogP contribution in [-0.4, -0.2) is 9.91 Å². The summed E-state index contributed by atoms with van der Waals surface area (Å²) in [7, 11) is 0. The highest BCUT2D eigenvalue weighted by molar-refractivity contribution is 6.31. The van der Waals surface area contributed by atoms with Gasteiger partial charge in [-0.15, -0.1) is 0 Å². The maximum absolute atomic E-state index is 11.1. The Labute approximate surface area is 125 Å². The smallest absolute Gasteiger partial charge is 0.349 e. The summed E-state index contributed by atoms with van der Waals surface area (Å²) in [4.78, 5) is 14.0. The fraction of sp³-hybridized carbons (Fsp3) is 0.143. The summed E-state index contributed by atoms with van der Waals surface area (Å²) in [5, 5.41) is 19.9. The molecular weight excluding hydrogens is 294 g/mol. The molecule has 0 spiro atoms. The molecule has 0 unspecified atom stereocenters. The van der Waals surface area contributed by atoms with E-state index in [0.717, 1.165) is 17.3 Å². The molecule has 0 radical (unpaired) electrons. The third-order valence-corrected chi connectivity index (χ3v) is 2.96. The van der Waals surface area contributed by atoms with Crippen LogP contribution in [0.5, 0.6) is 11.5 Å². The molecule has 0 N–H and O–H groups in total. The number of nitrogens with zero attached hydrogens (tertiary/aromatic N) is 3. The number of hydrogen-bond donors (Lipinski definition) is 0. The summed E-state index contributed by atoms with van der Waals surface area (Å²) in [6.07, 6.45) is 1.15. The largest absolute Gasteiger partial charge is 0.448 e. The Bertz CT molecular complexity index is 749. The van der Waals surface area contributed by atoms with E-state index in [9.17, 15) is 10.1 Å². The van der Waals surface area contributed by atoms with Gasteiger partial charge in [0.05, 0.1) is 11.1 Å². The number of rotatable bonds is 3. The van der Waals surface area contributed by atoms with E-state index in [1.165, 1.54) is 0 Å². The molecule has 0 atom stereocenters. The van der Waals surface area contributed by atoms with Gasteiger partial charge in [-0.2, -0.15) is 5.26 Å². The predicted octanol–water partition coefficient (Wildman–Crippen LogP) is 3.92. The highest BCUT2D eigenvalue weighted by Crippen LogP contribution is 2.38. The van der Waals surface area contributed by atoms with Crippen molar-refractivity contribution < 1.29 is 9.66 Å². The van der Waals surface area contributed by atoms with Gasteiger partial charge in [-0.3, -0.25) is 10.1 Å². The SMILES string of the molecule is Cc1cc(C)cc(Oc2c(C#N)cnc(Cl)c2[N+](=O)[O-])c1. The van der Waals surface area contributed by atoms with Crippen molar-refractivity contribution in [3.8, 4) is 17.6 Å². The van der Waals surface area contributed by atoms with Gasteiger partial charge in [0.25, 0.3) is 0 Å². The van der Waals surface area contributed by atoms with E-state index in [1.807, 2.05) is 26.0 Å². The first kappa shape index (κ1) is 14.8. The van der Waals surface area contributed by atoms with Gasteiger partial charge < -0.3 is 4.74 Å². The zero-order valence-corrected chi connectivity index (χ0v) is 12.0. The van der Waals surface area contributed by atoms with Crippen LogP contribution in [0.15, 0.2) is 24.4 Å². The third kappa shape index (κ3) is 3.09. The Kier molecular flexibility index (Phi) is 4.05. The van der Waals surface area contributed by atoms with E-state index in [-0.39, 0.29) is 16.5 Å². The minimum absolute atomic E-state index is 0.0507. The lowest BCUT2D eigenvalue weighted by atomic mass is 10.1. The molecule has 1 heterocycles. The monoisotopic (exact) mass is 303 g/mol. The third-order valence-electron chi connectivity index (χ3n) is 2.68. The van der Waals surface area contributed by atoms with Crippen molar-refractivity contribution in [3.63, 3.8) is 0 Å². The first-order valence-electron chi connectivity index (χ1n) is 5.91. The Hall–Kier alpha value is -2.65. The minimum Gasteiger partial charge on any atom is -0.448 e. The molecule has 7 heteroatoms. The Morgan fingerprint density at radius 1 is 1.33 bits per heavy atom. The average molecular weight is 304 g/mol. The summed E-state index contributed by atoms with van der Waals surface area (Å²) in [5.74, 6) is 0.196. The van der Waals surface area contributed by atoms with E-state index in [4.69, 9.17) is 21.6 Å². The number of ether oxygens (including phenoxy) is 1. The predicted molar refractivity (Wildman–Crippen MR) is 76.6 cm³/mol. The molecule has 0 bridgehead atoms. The van der Waals surface area contributed by atoms with Crippen molar-refractivity contribution in [1.29, 1.82) is 5.26 Å². The van der Waals surface area contributed by atoms with Crippen LogP contribution >= 0.6 is 11.6 Å². The molecule has 0 aliphatic rings. The van der Waals surface area contributed by atoms with E-state index >= 15 is 0 Å². The number of nitriles is 1. The van der Waals surface area contributed by atoms with Crippen molar-refractivity contribution in [3.05, 3.63) is 56.4 Å². The maximum Gasteiger partial charge on any atom is 0.349 e. The molecule has 21 heavy (non-hydrogen) atoms. The highest BCUT2D eigenvalue weighted by Gasteiger charge is 2.26. The molecule has 0 fully saturated rings. The molecule has 2 aromatic rings. The number of aromatic nitrogens is 1. The van der Waals surface area contributed by atoms with Gasteiger partial charge in [0.2, 0.25) is 10.9 Å². The summed E-state index contributed by atoms with van der Waals surface area (Å²) in [5.41, 5.74) is 1.30. The molecule has 0 saturated carbocycles. The molecule has 106 valence electrons. The van der Waals surface area contributed by atoms with Crippen LogP contribution in [0.3, 0.4) is 0 Å². The van der Waals surface area contributed by atoms with E-state index in [2.05, 4.69) is 4.98 Å². The number of pyridine rings is 1. The van der Waals surface area contributed by atoms with Crippen molar-refractivity contribution >= 4 is 17.3 Å². The lowest BCUT2D eigenvalue weighted by molar-refractivity contribution is -0.385.